The molecule has 0 unspecified atom stereocenters. The number of aromatic carboxylic acids is 1. The Bertz CT molecular complexity index is 829. The van der Waals surface area contributed by atoms with Crippen LogP contribution in [0.2, 0.25) is 5.02 Å². The summed E-state index contributed by atoms with van der Waals surface area (Å²) in [5.74, 6) is -2.51. The van der Waals surface area contributed by atoms with Crippen molar-refractivity contribution < 1.29 is 24.5 Å². The van der Waals surface area contributed by atoms with E-state index < -0.39 is 18.5 Å². The number of aliphatic carboxylic acids is 1. The van der Waals surface area contributed by atoms with Crippen molar-refractivity contribution in [2.75, 3.05) is 11.9 Å². The number of carbonyl (C=O) groups is 2. The van der Waals surface area contributed by atoms with Gasteiger partial charge in [-0.25, -0.2) is 9.59 Å². The molecule has 0 saturated heterocycles. The normalized spacial score (nSPS) is 14.3. The molecule has 0 atom stereocenters. The molecule has 8 heteroatoms. The minimum Gasteiger partial charge on any atom is -0.479 e. The van der Waals surface area contributed by atoms with E-state index in [-0.39, 0.29) is 15.6 Å². The van der Waals surface area contributed by atoms with E-state index in [1.54, 1.807) is 0 Å². The molecule has 1 saturated carbocycles. The van der Waals surface area contributed by atoms with Crippen LogP contribution in [0.5, 0.6) is 5.75 Å². The molecule has 0 radical (unpaired) electrons. The van der Waals surface area contributed by atoms with Crippen molar-refractivity contribution in [2.45, 2.75) is 31.7 Å². The van der Waals surface area contributed by atoms with Crippen molar-refractivity contribution in [3.8, 4) is 16.2 Å². The topological polar surface area (TPSA) is 95.9 Å². The molecule has 3 rings (SSSR count). The summed E-state index contributed by atoms with van der Waals surface area (Å²) in [6, 6.07) is 8.05. The highest BCUT2D eigenvalue weighted by Gasteiger charge is 2.25. The van der Waals surface area contributed by atoms with E-state index in [0.29, 0.717) is 10.9 Å². The lowest BCUT2D eigenvalue weighted by atomic mass is 10.1. The number of carboxylic acid groups (broad SMARTS) is 2. The fraction of sp³-hybridized carbons (Fsp3) is 0.333. The second-order valence-electron chi connectivity index (χ2n) is 6.10. The van der Waals surface area contributed by atoms with Gasteiger partial charge >= 0.3 is 11.9 Å². The molecule has 1 aromatic heterocycles. The molecule has 1 aliphatic carbocycles. The summed E-state index contributed by atoms with van der Waals surface area (Å²) in [5, 5.41) is 21.8. The number of anilines is 1. The third-order valence-electron chi connectivity index (χ3n) is 4.19. The standard InChI is InChI=1S/C18H18ClNO5S/c19-14-15(25-9-13(21)22)17(18(23)24)26-16(14)10-4-3-7-12(8-10)20-11-5-1-2-6-11/h3-4,7-8,11,20H,1-2,5-6,9H2,(H,21,22)(H,23,24). The minimum absolute atomic E-state index is 0.101. The molecule has 1 aliphatic rings. The Kier molecular flexibility index (Phi) is 5.68. The molecule has 138 valence electrons. The molecular formula is C18H18ClNO5S. The van der Waals surface area contributed by atoms with Gasteiger partial charge in [0, 0.05) is 11.7 Å². The molecule has 0 spiro atoms. The van der Waals surface area contributed by atoms with E-state index in [9.17, 15) is 14.7 Å². The summed E-state index contributed by atoms with van der Waals surface area (Å²) in [5.41, 5.74) is 1.71. The van der Waals surface area contributed by atoms with Crippen molar-refractivity contribution >= 4 is 40.6 Å². The van der Waals surface area contributed by atoms with E-state index in [2.05, 4.69) is 5.32 Å². The average molecular weight is 396 g/mol. The summed E-state index contributed by atoms with van der Waals surface area (Å²) < 4.78 is 5.11. The number of ether oxygens (including phenoxy) is 1. The Morgan fingerprint density at radius 1 is 1.27 bits per heavy atom. The first-order valence-electron chi connectivity index (χ1n) is 8.23. The van der Waals surface area contributed by atoms with Gasteiger partial charge in [-0.2, -0.15) is 0 Å². The van der Waals surface area contributed by atoms with Crippen LogP contribution in [0.25, 0.3) is 10.4 Å². The zero-order valence-electron chi connectivity index (χ0n) is 13.8. The number of hydrogen-bond donors (Lipinski definition) is 3. The average Bonchev–Trinajstić information content (AvgIpc) is 3.21. The molecule has 26 heavy (non-hydrogen) atoms. The predicted octanol–water partition coefficient (Wildman–Crippen LogP) is 4.58. The largest absolute Gasteiger partial charge is 0.479 e. The molecule has 0 aliphatic heterocycles. The van der Waals surface area contributed by atoms with Crippen molar-refractivity contribution in [1.82, 2.24) is 0 Å². The maximum atomic E-state index is 11.5. The van der Waals surface area contributed by atoms with Crippen LogP contribution in [0.1, 0.15) is 35.4 Å². The first-order valence-corrected chi connectivity index (χ1v) is 9.42. The Hall–Kier alpha value is -2.25. The summed E-state index contributed by atoms with van der Waals surface area (Å²) in [6.07, 6.45) is 4.72. The van der Waals surface area contributed by atoms with Gasteiger partial charge in [0.15, 0.2) is 17.2 Å². The number of hydrogen-bond acceptors (Lipinski definition) is 5. The molecule has 3 N–H and O–H groups in total. The van der Waals surface area contributed by atoms with Gasteiger partial charge in [0.1, 0.15) is 5.02 Å². The maximum Gasteiger partial charge on any atom is 0.349 e. The van der Waals surface area contributed by atoms with Crippen LogP contribution in [0.3, 0.4) is 0 Å². The zero-order chi connectivity index (χ0) is 18.7. The van der Waals surface area contributed by atoms with E-state index in [1.807, 2.05) is 24.3 Å². The van der Waals surface area contributed by atoms with E-state index in [1.165, 1.54) is 12.8 Å². The van der Waals surface area contributed by atoms with Crippen LogP contribution in [0, 0.1) is 0 Å². The van der Waals surface area contributed by atoms with Gasteiger partial charge in [-0.15, -0.1) is 11.3 Å². The van der Waals surface area contributed by atoms with Crippen molar-refractivity contribution in [1.29, 1.82) is 0 Å². The first-order chi connectivity index (χ1) is 12.5. The fourth-order valence-corrected chi connectivity index (χ4v) is 4.44. The van der Waals surface area contributed by atoms with Gasteiger partial charge in [-0.05, 0) is 30.5 Å². The van der Waals surface area contributed by atoms with Gasteiger partial charge in [0.2, 0.25) is 0 Å². The minimum atomic E-state index is -1.20. The SMILES string of the molecule is O=C(O)COc1c(C(=O)O)sc(-c2cccc(NC3CCCC3)c2)c1Cl. The van der Waals surface area contributed by atoms with Crippen LogP contribution < -0.4 is 10.1 Å². The first kappa shape index (κ1) is 18.5. The lowest BCUT2D eigenvalue weighted by molar-refractivity contribution is -0.139. The third kappa shape index (κ3) is 4.11. The van der Waals surface area contributed by atoms with E-state index >= 15 is 0 Å². The molecular weight excluding hydrogens is 378 g/mol. The van der Waals surface area contributed by atoms with Crippen LogP contribution in [-0.4, -0.2) is 34.8 Å². The number of halogens is 1. The fourth-order valence-electron chi connectivity index (χ4n) is 3.04. The Morgan fingerprint density at radius 2 is 2.00 bits per heavy atom. The predicted molar refractivity (Wildman–Crippen MR) is 101 cm³/mol. The molecule has 1 heterocycles. The number of nitrogens with one attached hydrogen (secondary N) is 1. The van der Waals surface area contributed by atoms with Crippen molar-refractivity contribution in [3.63, 3.8) is 0 Å². The molecule has 6 nitrogen and oxygen atoms in total. The van der Waals surface area contributed by atoms with Crippen molar-refractivity contribution in [3.05, 3.63) is 34.2 Å². The van der Waals surface area contributed by atoms with Crippen LogP contribution in [0.15, 0.2) is 24.3 Å². The summed E-state index contributed by atoms with van der Waals surface area (Å²) in [7, 11) is 0. The molecule has 0 bridgehead atoms. The van der Waals surface area contributed by atoms with E-state index in [4.69, 9.17) is 21.4 Å². The van der Waals surface area contributed by atoms with Gasteiger partial charge in [0.05, 0.1) is 4.88 Å². The second-order valence-corrected chi connectivity index (χ2v) is 7.50. The second kappa shape index (κ2) is 7.97. The summed E-state index contributed by atoms with van der Waals surface area (Å²) in [6.45, 7) is -0.653. The highest BCUT2D eigenvalue weighted by molar-refractivity contribution is 7.18. The monoisotopic (exact) mass is 395 g/mol. The van der Waals surface area contributed by atoms with Gasteiger partial charge in [-0.3, -0.25) is 0 Å². The molecule has 1 fully saturated rings. The lowest BCUT2D eigenvalue weighted by Gasteiger charge is -2.14. The summed E-state index contributed by atoms with van der Waals surface area (Å²) >= 11 is 7.30. The Morgan fingerprint density at radius 3 is 2.65 bits per heavy atom. The lowest BCUT2D eigenvalue weighted by Crippen LogP contribution is -2.14. The highest BCUT2D eigenvalue weighted by Crippen LogP contribution is 2.46. The Labute approximate surface area is 159 Å². The number of carboxylic acids is 2. The highest BCUT2D eigenvalue weighted by atomic mass is 35.5. The zero-order valence-corrected chi connectivity index (χ0v) is 15.4. The van der Waals surface area contributed by atoms with Crippen LogP contribution in [0.4, 0.5) is 5.69 Å². The Balaban J connectivity index is 1.91. The van der Waals surface area contributed by atoms with Gasteiger partial charge < -0.3 is 20.3 Å². The summed E-state index contributed by atoms with van der Waals surface area (Å²) in [4.78, 5) is 22.6. The quantitative estimate of drug-likeness (QED) is 0.634. The van der Waals surface area contributed by atoms with Crippen molar-refractivity contribution in [2.24, 2.45) is 0 Å². The number of thiophene rings is 1. The van der Waals surface area contributed by atoms with E-state index in [0.717, 1.165) is 35.4 Å². The molecule has 0 amide bonds. The van der Waals surface area contributed by atoms with Gasteiger partial charge in [0.25, 0.3) is 0 Å². The van der Waals surface area contributed by atoms with Crippen LogP contribution in [-0.2, 0) is 4.79 Å². The van der Waals surface area contributed by atoms with Gasteiger partial charge in [-0.1, -0.05) is 36.6 Å². The number of rotatable bonds is 7. The maximum absolute atomic E-state index is 11.5. The van der Waals surface area contributed by atoms with Crippen LogP contribution >= 0.6 is 22.9 Å². The molecule has 2 aromatic rings. The molecule has 1 aromatic carbocycles. The smallest absolute Gasteiger partial charge is 0.349 e. The number of benzene rings is 1. The third-order valence-corrected chi connectivity index (χ3v) is 5.87.